The van der Waals surface area contributed by atoms with E-state index in [1.165, 1.54) is 0 Å². The molecule has 1 fully saturated rings. The Labute approximate surface area is 106 Å². The maximum absolute atomic E-state index is 11.6. The predicted octanol–water partition coefficient (Wildman–Crippen LogP) is 2.89. The largest absolute Gasteiger partial charge is 0.493 e. The Morgan fingerprint density at radius 1 is 1.24 bits per heavy atom. The molecule has 0 atom stereocenters. The summed E-state index contributed by atoms with van der Waals surface area (Å²) < 4.78 is 10.4. The molecule has 4 heteroatoms. The number of ether oxygens (including phenoxy) is 2. The van der Waals surface area contributed by atoms with Gasteiger partial charge < -0.3 is 9.47 Å². The molecule has 1 aliphatic carbocycles. The lowest BCUT2D eigenvalue weighted by atomic mass is 9.65. The van der Waals surface area contributed by atoms with Gasteiger partial charge in [-0.05, 0) is 42.1 Å². The molecule has 92 valence electrons. The second-order valence-corrected chi connectivity index (χ2v) is 4.62. The number of hydrogen-bond acceptors (Lipinski definition) is 3. The molecule has 17 heavy (non-hydrogen) atoms. The molecular weight excluding hydrogens is 240 g/mol. The van der Waals surface area contributed by atoms with Gasteiger partial charge in [0.25, 0.3) is 0 Å². The zero-order chi connectivity index (χ0) is 12.5. The molecule has 1 aromatic rings. The first kappa shape index (κ1) is 12.2. The maximum Gasteiger partial charge on any atom is 0.232 e. The van der Waals surface area contributed by atoms with Crippen molar-refractivity contribution in [2.24, 2.45) is 0 Å². The van der Waals surface area contributed by atoms with Crippen LogP contribution in [0.3, 0.4) is 0 Å². The van der Waals surface area contributed by atoms with Gasteiger partial charge in [0, 0.05) is 0 Å². The van der Waals surface area contributed by atoms with Gasteiger partial charge >= 0.3 is 0 Å². The molecule has 0 unspecified atom stereocenters. The van der Waals surface area contributed by atoms with Crippen LogP contribution >= 0.6 is 11.6 Å². The van der Waals surface area contributed by atoms with Crippen LogP contribution in [0.25, 0.3) is 0 Å². The Morgan fingerprint density at radius 3 is 2.29 bits per heavy atom. The molecule has 0 amide bonds. The fraction of sp³-hybridized carbons (Fsp3) is 0.462. The van der Waals surface area contributed by atoms with Crippen molar-refractivity contribution in [3.63, 3.8) is 0 Å². The molecule has 0 radical (unpaired) electrons. The highest BCUT2D eigenvalue weighted by Crippen LogP contribution is 2.47. The molecule has 0 saturated heterocycles. The van der Waals surface area contributed by atoms with Gasteiger partial charge in [-0.2, -0.15) is 0 Å². The molecule has 1 saturated carbocycles. The van der Waals surface area contributed by atoms with Crippen LogP contribution in [0.2, 0.25) is 0 Å². The smallest absolute Gasteiger partial charge is 0.232 e. The molecule has 2 rings (SSSR count). The lowest BCUT2D eigenvalue weighted by molar-refractivity contribution is -0.119. The molecular formula is C13H15ClO3. The number of halogens is 1. The first-order chi connectivity index (χ1) is 8.14. The van der Waals surface area contributed by atoms with Crippen LogP contribution in [0.5, 0.6) is 11.5 Å². The molecule has 3 nitrogen and oxygen atoms in total. The highest BCUT2D eigenvalue weighted by molar-refractivity contribution is 6.65. The number of hydrogen-bond donors (Lipinski definition) is 0. The summed E-state index contributed by atoms with van der Waals surface area (Å²) >= 11 is 5.73. The number of methoxy groups -OCH3 is 2. The Bertz CT molecular complexity index is 438. The van der Waals surface area contributed by atoms with Gasteiger partial charge in [-0.3, -0.25) is 4.79 Å². The lowest BCUT2D eigenvalue weighted by Crippen LogP contribution is -2.39. The Kier molecular flexibility index (Phi) is 3.29. The first-order valence-electron chi connectivity index (χ1n) is 5.56. The van der Waals surface area contributed by atoms with E-state index in [0.29, 0.717) is 11.5 Å². The van der Waals surface area contributed by atoms with Crippen LogP contribution in [0, 0.1) is 0 Å². The molecule has 0 N–H and O–H groups in total. The molecule has 1 aromatic carbocycles. The SMILES string of the molecule is COc1ccc(C2(C(=O)Cl)CCC2)cc1OC. The minimum absolute atomic E-state index is 0.282. The van der Waals surface area contributed by atoms with Crippen LogP contribution in [-0.4, -0.2) is 19.5 Å². The third-order valence-electron chi connectivity index (χ3n) is 3.52. The highest BCUT2D eigenvalue weighted by Gasteiger charge is 2.45. The molecule has 0 heterocycles. The molecule has 1 aliphatic rings. The minimum atomic E-state index is -0.513. The standard InChI is InChI=1S/C13H15ClO3/c1-16-10-5-4-9(8-11(10)17-2)13(12(14)15)6-3-7-13/h4-5,8H,3,6-7H2,1-2H3. The van der Waals surface area contributed by atoms with Gasteiger partial charge in [0.1, 0.15) is 0 Å². The van der Waals surface area contributed by atoms with Crippen LogP contribution in [0.1, 0.15) is 24.8 Å². The quantitative estimate of drug-likeness (QED) is 0.775. The van der Waals surface area contributed by atoms with E-state index in [9.17, 15) is 4.79 Å². The van der Waals surface area contributed by atoms with E-state index >= 15 is 0 Å². The van der Waals surface area contributed by atoms with E-state index < -0.39 is 5.41 Å². The van der Waals surface area contributed by atoms with Crippen molar-refractivity contribution in [2.75, 3.05) is 14.2 Å². The number of benzene rings is 1. The molecule has 0 aliphatic heterocycles. The highest BCUT2D eigenvalue weighted by atomic mass is 35.5. The summed E-state index contributed by atoms with van der Waals surface area (Å²) in [6.07, 6.45) is 2.66. The van der Waals surface area contributed by atoms with Crippen molar-refractivity contribution in [2.45, 2.75) is 24.7 Å². The average Bonchev–Trinajstić information content (AvgIpc) is 2.26. The normalized spacial score (nSPS) is 17.1. The van der Waals surface area contributed by atoms with Gasteiger partial charge in [0.05, 0.1) is 19.6 Å². The van der Waals surface area contributed by atoms with Crippen molar-refractivity contribution < 1.29 is 14.3 Å². The fourth-order valence-electron chi connectivity index (χ4n) is 2.26. The van der Waals surface area contributed by atoms with Crippen LogP contribution < -0.4 is 9.47 Å². The van der Waals surface area contributed by atoms with E-state index in [1.54, 1.807) is 14.2 Å². The Morgan fingerprint density at radius 2 is 1.88 bits per heavy atom. The molecule has 0 aromatic heterocycles. The van der Waals surface area contributed by atoms with Crippen molar-refractivity contribution in [3.05, 3.63) is 23.8 Å². The van der Waals surface area contributed by atoms with Crippen molar-refractivity contribution in [3.8, 4) is 11.5 Å². The van der Waals surface area contributed by atoms with Gasteiger partial charge in [-0.15, -0.1) is 0 Å². The van der Waals surface area contributed by atoms with Crippen molar-refractivity contribution in [1.29, 1.82) is 0 Å². The van der Waals surface area contributed by atoms with Gasteiger partial charge in [0.2, 0.25) is 5.24 Å². The summed E-state index contributed by atoms with van der Waals surface area (Å²) in [7, 11) is 3.17. The topological polar surface area (TPSA) is 35.5 Å². The summed E-state index contributed by atoms with van der Waals surface area (Å²) in [5, 5.41) is -0.282. The third-order valence-corrected chi connectivity index (χ3v) is 3.88. The number of carbonyl (C=O) groups is 1. The van der Waals surface area contributed by atoms with E-state index in [0.717, 1.165) is 24.8 Å². The van der Waals surface area contributed by atoms with Crippen molar-refractivity contribution in [1.82, 2.24) is 0 Å². The van der Waals surface area contributed by atoms with E-state index in [4.69, 9.17) is 21.1 Å². The first-order valence-corrected chi connectivity index (χ1v) is 5.94. The Balaban J connectivity index is 2.42. The van der Waals surface area contributed by atoms with Crippen LogP contribution in [-0.2, 0) is 10.2 Å². The Hall–Kier alpha value is -1.22. The van der Waals surface area contributed by atoms with E-state index in [2.05, 4.69) is 0 Å². The second-order valence-electron chi connectivity index (χ2n) is 4.28. The van der Waals surface area contributed by atoms with Gasteiger partial charge in [-0.1, -0.05) is 12.5 Å². The molecule has 0 spiro atoms. The third kappa shape index (κ3) is 1.89. The maximum atomic E-state index is 11.6. The number of rotatable bonds is 4. The monoisotopic (exact) mass is 254 g/mol. The van der Waals surface area contributed by atoms with Crippen LogP contribution in [0.15, 0.2) is 18.2 Å². The summed E-state index contributed by atoms with van der Waals surface area (Å²) in [5.41, 5.74) is 0.405. The second kappa shape index (κ2) is 4.57. The summed E-state index contributed by atoms with van der Waals surface area (Å²) in [6.45, 7) is 0. The van der Waals surface area contributed by atoms with E-state index in [1.807, 2.05) is 18.2 Å². The summed E-state index contributed by atoms with van der Waals surface area (Å²) in [5.74, 6) is 1.29. The zero-order valence-corrected chi connectivity index (χ0v) is 10.7. The average molecular weight is 255 g/mol. The minimum Gasteiger partial charge on any atom is -0.493 e. The zero-order valence-electron chi connectivity index (χ0n) is 9.96. The molecule has 0 bridgehead atoms. The van der Waals surface area contributed by atoms with Gasteiger partial charge in [0.15, 0.2) is 11.5 Å². The summed E-state index contributed by atoms with van der Waals surface area (Å²) in [4.78, 5) is 11.6. The van der Waals surface area contributed by atoms with Gasteiger partial charge in [-0.25, -0.2) is 0 Å². The van der Waals surface area contributed by atoms with Crippen molar-refractivity contribution >= 4 is 16.8 Å². The van der Waals surface area contributed by atoms with E-state index in [-0.39, 0.29) is 5.24 Å². The lowest BCUT2D eigenvalue weighted by Gasteiger charge is -2.39. The summed E-state index contributed by atoms with van der Waals surface area (Å²) in [6, 6.07) is 5.55. The number of carbonyl (C=O) groups excluding carboxylic acids is 1. The predicted molar refractivity (Wildman–Crippen MR) is 65.9 cm³/mol. The fourth-order valence-corrected chi connectivity index (χ4v) is 2.56. The van der Waals surface area contributed by atoms with Crippen LogP contribution in [0.4, 0.5) is 0 Å².